The van der Waals surface area contributed by atoms with E-state index in [2.05, 4.69) is 0 Å². The maximum Gasteiger partial charge on any atom is 0.254 e. The van der Waals surface area contributed by atoms with E-state index in [1.165, 1.54) is 12.1 Å². The fourth-order valence-corrected chi connectivity index (χ4v) is 6.98. The van der Waals surface area contributed by atoms with Gasteiger partial charge in [-0.3, -0.25) is 4.79 Å². The predicted molar refractivity (Wildman–Crippen MR) is 121 cm³/mol. The van der Waals surface area contributed by atoms with Gasteiger partial charge >= 0.3 is 0 Å². The second-order valence-electron chi connectivity index (χ2n) is 8.63. The van der Waals surface area contributed by atoms with Crippen LogP contribution in [0.4, 0.5) is 4.39 Å². The molecule has 3 aromatic carbocycles. The maximum absolute atomic E-state index is 13.3. The lowest BCUT2D eigenvalue weighted by Gasteiger charge is -2.38. The molecule has 5 rings (SSSR count). The van der Waals surface area contributed by atoms with Crippen molar-refractivity contribution in [1.82, 2.24) is 4.90 Å². The van der Waals surface area contributed by atoms with Crippen molar-refractivity contribution in [3.63, 3.8) is 0 Å². The average molecular weight is 450 g/mol. The summed E-state index contributed by atoms with van der Waals surface area (Å²) in [6.45, 7) is 0. The molecular weight excluding hydrogens is 425 g/mol. The zero-order valence-electron chi connectivity index (χ0n) is 17.5. The van der Waals surface area contributed by atoms with Crippen LogP contribution in [0.1, 0.15) is 36.0 Å². The van der Waals surface area contributed by atoms with Crippen LogP contribution < -0.4 is 0 Å². The number of fused-ring (bicyclic) bond motifs is 2. The number of amides is 1. The third-order valence-corrected chi connectivity index (χ3v) is 8.94. The molecule has 2 saturated heterocycles. The number of hydrogen-bond acceptors (Lipinski definition) is 3. The van der Waals surface area contributed by atoms with E-state index in [0.29, 0.717) is 23.3 Å². The maximum atomic E-state index is 13.3. The molecule has 0 spiro atoms. The molecule has 2 atom stereocenters. The highest BCUT2D eigenvalue weighted by atomic mass is 32.2. The van der Waals surface area contributed by atoms with E-state index in [4.69, 9.17) is 0 Å². The molecule has 2 aliphatic heterocycles. The smallest absolute Gasteiger partial charge is 0.254 e. The summed E-state index contributed by atoms with van der Waals surface area (Å²) in [5.74, 6) is -0.326. The van der Waals surface area contributed by atoms with E-state index in [-0.39, 0.29) is 23.8 Å². The molecule has 6 heteroatoms. The molecule has 0 radical (unpaired) electrons. The van der Waals surface area contributed by atoms with Gasteiger partial charge < -0.3 is 4.90 Å². The van der Waals surface area contributed by atoms with Gasteiger partial charge in [0.1, 0.15) is 5.82 Å². The van der Waals surface area contributed by atoms with Gasteiger partial charge in [0.25, 0.3) is 5.91 Å². The van der Waals surface area contributed by atoms with Crippen LogP contribution >= 0.6 is 0 Å². The summed E-state index contributed by atoms with van der Waals surface area (Å²) in [4.78, 5) is 15.6. The van der Waals surface area contributed by atoms with Crippen LogP contribution in [0.2, 0.25) is 0 Å². The van der Waals surface area contributed by atoms with Crippen molar-refractivity contribution in [2.24, 2.45) is 0 Å². The van der Waals surface area contributed by atoms with Gasteiger partial charge in [0.2, 0.25) is 0 Å². The summed E-state index contributed by atoms with van der Waals surface area (Å²) in [6, 6.07) is 22.1. The Hall–Kier alpha value is -2.99. The van der Waals surface area contributed by atoms with Crippen LogP contribution in [0.25, 0.3) is 11.1 Å². The second kappa shape index (κ2) is 8.17. The minimum absolute atomic E-state index is 0.0429. The number of benzene rings is 3. The van der Waals surface area contributed by atoms with Crippen molar-refractivity contribution in [2.45, 2.75) is 47.9 Å². The number of sulfone groups is 1. The number of hydrogen-bond donors (Lipinski definition) is 0. The third kappa shape index (κ3) is 3.73. The molecule has 2 bridgehead atoms. The Balaban J connectivity index is 1.33. The molecule has 0 N–H and O–H groups in total. The van der Waals surface area contributed by atoms with Crippen LogP contribution in [-0.2, 0) is 9.84 Å². The van der Waals surface area contributed by atoms with Crippen LogP contribution in [-0.4, -0.2) is 36.6 Å². The van der Waals surface area contributed by atoms with E-state index in [9.17, 15) is 17.6 Å². The number of carbonyl (C=O) groups is 1. The van der Waals surface area contributed by atoms with Gasteiger partial charge in [-0.05, 0) is 73.2 Å². The van der Waals surface area contributed by atoms with Gasteiger partial charge in [-0.2, -0.15) is 0 Å². The van der Waals surface area contributed by atoms with E-state index >= 15 is 0 Å². The summed E-state index contributed by atoms with van der Waals surface area (Å²) in [6.07, 6.45) is 2.63. The summed E-state index contributed by atoms with van der Waals surface area (Å²) < 4.78 is 39.4. The SMILES string of the molecule is O=C(c1ccc(-c2ccc(F)cc2)cc1)N1C2CCC1CC(S(=O)(=O)c1ccccc1)C2. The highest BCUT2D eigenvalue weighted by Crippen LogP contribution is 2.40. The van der Waals surface area contributed by atoms with Crippen LogP contribution in [0.15, 0.2) is 83.8 Å². The van der Waals surface area contributed by atoms with Crippen molar-refractivity contribution in [1.29, 1.82) is 0 Å². The summed E-state index contributed by atoms with van der Waals surface area (Å²) >= 11 is 0. The third-order valence-electron chi connectivity index (χ3n) is 6.74. The lowest BCUT2D eigenvalue weighted by molar-refractivity contribution is 0.0598. The van der Waals surface area contributed by atoms with Crippen molar-refractivity contribution >= 4 is 15.7 Å². The number of rotatable bonds is 4. The first-order valence-corrected chi connectivity index (χ1v) is 12.5. The van der Waals surface area contributed by atoms with Crippen molar-refractivity contribution < 1.29 is 17.6 Å². The Kier molecular flexibility index (Phi) is 5.33. The van der Waals surface area contributed by atoms with E-state index in [0.717, 1.165) is 24.0 Å². The zero-order valence-corrected chi connectivity index (χ0v) is 18.3. The molecule has 32 heavy (non-hydrogen) atoms. The van der Waals surface area contributed by atoms with Crippen molar-refractivity contribution in [3.05, 3.63) is 90.2 Å². The molecule has 2 fully saturated rings. The average Bonchev–Trinajstić information content (AvgIpc) is 3.08. The lowest BCUT2D eigenvalue weighted by atomic mass is 9.99. The van der Waals surface area contributed by atoms with Gasteiger partial charge in [0.05, 0.1) is 10.1 Å². The predicted octanol–water partition coefficient (Wildman–Crippen LogP) is 5.10. The molecule has 2 heterocycles. The van der Waals surface area contributed by atoms with E-state index in [1.807, 2.05) is 23.1 Å². The quantitative estimate of drug-likeness (QED) is 0.557. The summed E-state index contributed by atoms with van der Waals surface area (Å²) in [5, 5.41) is -0.452. The molecule has 2 aliphatic rings. The topological polar surface area (TPSA) is 54.5 Å². The van der Waals surface area contributed by atoms with Gasteiger partial charge in [-0.1, -0.05) is 42.5 Å². The fourth-order valence-electron chi connectivity index (χ4n) is 5.11. The molecule has 3 aromatic rings. The Morgan fingerprint density at radius 3 is 1.88 bits per heavy atom. The molecular formula is C26H24FNO3S. The largest absolute Gasteiger partial charge is 0.333 e. The molecule has 164 valence electrons. The Morgan fingerprint density at radius 2 is 1.31 bits per heavy atom. The molecule has 0 aliphatic carbocycles. The minimum atomic E-state index is -3.41. The van der Waals surface area contributed by atoms with Crippen LogP contribution in [0, 0.1) is 5.82 Å². The Labute approximate surface area is 187 Å². The Bertz CT molecular complexity index is 1210. The number of carbonyl (C=O) groups excluding carboxylic acids is 1. The van der Waals surface area contributed by atoms with Gasteiger partial charge in [-0.15, -0.1) is 0 Å². The Morgan fingerprint density at radius 1 is 0.781 bits per heavy atom. The minimum Gasteiger partial charge on any atom is -0.333 e. The summed E-state index contributed by atoms with van der Waals surface area (Å²) in [5.41, 5.74) is 2.40. The number of halogens is 1. The molecule has 4 nitrogen and oxygen atoms in total. The second-order valence-corrected chi connectivity index (χ2v) is 10.9. The van der Waals surface area contributed by atoms with Crippen molar-refractivity contribution in [2.75, 3.05) is 0 Å². The molecule has 2 unspecified atom stereocenters. The van der Waals surface area contributed by atoms with Crippen molar-refractivity contribution in [3.8, 4) is 11.1 Å². The van der Waals surface area contributed by atoms with E-state index < -0.39 is 15.1 Å². The first kappa shape index (κ1) is 20.9. The monoisotopic (exact) mass is 449 g/mol. The van der Waals surface area contributed by atoms with Crippen LogP contribution in [0.3, 0.4) is 0 Å². The normalized spacial score (nSPS) is 22.7. The zero-order chi connectivity index (χ0) is 22.3. The van der Waals surface area contributed by atoms with Gasteiger partial charge in [0.15, 0.2) is 9.84 Å². The highest BCUT2D eigenvalue weighted by molar-refractivity contribution is 7.92. The lowest BCUT2D eigenvalue weighted by Crippen LogP contribution is -2.49. The number of nitrogens with zero attached hydrogens (tertiary/aromatic N) is 1. The summed E-state index contributed by atoms with van der Waals surface area (Å²) in [7, 11) is -3.41. The van der Waals surface area contributed by atoms with Crippen LogP contribution in [0.5, 0.6) is 0 Å². The highest BCUT2D eigenvalue weighted by Gasteiger charge is 2.47. The molecule has 1 amide bonds. The van der Waals surface area contributed by atoms with Gasteiger partial charge in [-0.25, -0.2) is 12.8 Å². The molecule has 0 aromatic heterocycles. The molecule has 0 saturated carbocycles. The fraction of sp³-hybridized carbons (Fsp3) is 0.269. The number of piperidine rings is 1. The van der Waals surface area contributed by atoms with E-state index in [1.54, 1.807) is 48.5 Å². The van der Waals surface area contributed by atoms with Gasteiger partial charge in [0, 0.05) is 17.6 Å². The standard InChI is InChI=1S/C26H24FNO3S/c27-21-12-10-19(11-13-21)18-6-8-20(9-7-18)26(29)28-22-14-15-23(28)17-25(16-22)32(30,31)24-4-2-1-3-5-24/h1-13,22-23,25H,14-17H2. The first-order chi connectivity index (χ1) is 15.4. The first-order valence-electron chi connectivity index (χ1n) is 10.9.